The molecule has 5 nitrogen and oxygen atoms in total. The van der Waals surface area contributed by atoms with E-state index in [2.05, 4.69) is 5.32 Å². The Morgan fingerprint density at radius 3 is 2.62 bits per heavy atom. The van der Waals surface area contributed by atoms with Crippen molar-refractivity contribution < 1.29 is 26.4 Å². The standard InChI is InChI=1S/C16H17F3N2O3S2/c1-11(7-12-5-6-25-10-12)21-15(22)9-20-26(23,24)14-4-2-3-13(8-14)16(17,18)19/h2-6,8,10-11,20H,7,9H2,1H3,(H,21,22). The van der Waals surface area contributed by atoms with Crippen LogP contribution >= 0.6 is 11.3 Å². The van der Waals surface area contributed by atoms with Crippen LogP contribution in [-0.2, 0) is 27.4 Å². The van der Waals surface area contributed by atoms with E-state index in [1.54, 1.807) is 6.92 Å². The summed E-state index contributed by atoms with van der Waals surface area (Å²) in [5, 5.41) is 6.49. The van der Waals surface area contributed by atoms with Gasteiger partial charge in [-0.25, -0.2) is 13.1 Å². The van der Waals surface area contributed by atoms with Crippen molar-refractivity contribution in [3.63, 3.8) is 0 Å². The maximum absolute atomic E-state index is 12.7. The zero-order valence-electron chi connectivity index (χ0n) is 13.7. The molecule has 1 unspecified atom stereocenters. The van der Waals surface area contributed by atoms with Crippen LogP contribution in [0.3, 0.4) is 0 Å². The monoisotopic (exact) mass is 406 g/mol. The molecule has 0 aliphatic carbocycles. The first-order valence-electron chi connectivity index (χ1n) is 7.55. The van der Waals surface area contributed by atoms with E-state index < -0.39 is 39.1 Å². The first-order chi connectivity index (χ1) is 12.1. The van der Waals surface area contributed by atoms with Crippen LogP contribution < -0.4 is 10.0 Å². The zero-order valence-corrected chi connectivity index (χ0v) is 15.3. The quantitative estimate of drug-likeness (QED) is 0.743. The van der Waals surface area contributed by atoms with E-state index in [0.29, 0.717) is 12.5 Å². The first-order valence-corrected chi connectivity index (χ1v) is 9.98. The maximum Gasteiger partial charge on any atom is 0.416 e. The van der Waals surface area contributed by atoms with Gasteiger partial charge < -0.3 is 5.32 Å². The number of sulfonamides is 1. The maximum atomic E-state index is 12.7. The van der Waals surface area contributed by atoms with E-state index >= 15 is 0 Å². The van der Waals surface area contributed by atoms with Crippen LogP contribution in [0.5, 0.6) is 0 Å². The number of amides is 1. The van der Waals surface area contributed by atoms with Crippen molar-refractivity contribution in [3.05, 3.63) is 52.2 Å². The minimum atomic E-state index is -4.65. The molecule has 0 aliphatic heterocycles. The van der Waals surface area contributed by atoms with E-state index in [9.17, 15) is 26.4 Å². The molecule has 0 radical (unpaired) electrons. The molecule has 1 heterocycles. The molecule has 1 aromatic heterocycles. The van der Waals surface area contributed by atoms with Crippen molar-refractivity contribution in [3.8, 4) is 0 Å². The number of carbonyl (C=O) groups excluding carboxylic acids is 1. The molecule has 0 aliphatic rings. The lowest BCUT2D eigenvalue weighted by Gasteiger charge is -2.14. The van der Waals surface area contributed by atoms with Gasteiger partial charge in [0, 0.05) is 6.04 Å². The van der Waals surface area contributed by atoms with Crippen molar-refractivity contribution in [2.24, 2.45) is 0 Å². The summed E-state index contributed by atoms with van der Waals surface area (Å²) in [6, 6.07) is 5.05. The third kappa shape index (κ3) is 5.82. The van der Waals surface area contributed by atoms with Crippen molar-refractivity contribution in [2.45, 2.75) is 30.5 Å². The van der Waals surface area contributed by atoms with Gasteiger partial charge in [-0.05, 0) is 53.9 Å². The van der Waals surface area contributed by atoms with Gasteiger partial charge in [0.05, 0.1) is 17.0 Å². The number of nitrogens with one attached hydrogen (secondary N) is 2. The van der Waals surface area contributed by atoms with Gasteiger partial charge in [0.15, 0.2) is 0 Å². The Hall–Kier alpha value is -1.91. The molecule has 0 saturated heterocycles. The number of alkyl halides is 3. The van der Waals surface area contributed by atoms with Gasteiger partial charge in [-0.1, -0.05) is 6.07 Å². The molecule has 2 rings (SSSR count). The van der Waals surface area contributed by atoms with Crippen LogP contribution in [0.2, 0.25) is 0 Å². The number of thiophene rings is 1. The summed E-state index contributed by atoms with van der Waals surface area (Å²) in [5.74, 6) is -0.566. The Balaban J connectivity index is 1.94. The largest absolute Gasteiger partial charge is 0.416 e. The summed E-state index contributed by atoms with van der Waals surface area (Å²) in [4.78, 5) is 11.3. The first kappa shape index (κ1) is 20.4. The topological polar surface area (TPSA) is 75.3 Å². The van der Waals surface area contributed by atoms with Crippen molar-refractivity contribution in [1.29, 1.82) is 0 Å². The lowest BCUT2D eigenvalue weighted by molar-refractivity contribution is -0.137. The molecule has 1 aromatic carbocycles. The average molecular weight is 406 g/mol. The highest BCUT2D eigenvalue weighted by Gasteiger charge is 2.31. The fourth-order valence-corrected chi connectivity index (χ4v) is 3.93. The fourth-order valence-electron chi connectivity index (χ4n) is 2.22. The minimum absolute atomic E-state index is 0.213. The summed E-state index contributed by atoms with van der Waals surface area (Å²) < 4.78 is 64.3. The SMILES string of the molecule is CC(Cc1ccsc1)NC(=O)CNS(=O)(=O)c1cccc(C(F)(F)F)c1. The van der Waals surface area contributed by atoms with Gasteiger partial charge in [0.25, 0.3) is 0 Å². The van der Waals surface area contributed by atoms with Crippen molar-refractivity contribution in [1.82, 2.24) is 10.0 Å². The van der Waals surface area contributed by atoms with Crippen molar-refractivity contribution in [2.75, 3.05) is 6.54 Å². The molecule has 0 spiro atoms. The molecule has 142 valence electrons. The van der Waals surface area contributed by atoms with Gasteiger partial charge in [-0.3, -0.25) is 4.79 Å². The Labute approximate surface area is 153 Å². The Bertz CT molecular complexity index is 850. The lowest BCUT2D eigenvalue weighted by Crippen LogP contribution is -2.41. The van der Waals surface area contributed by atoms with E-state index in [4.69, 9.17) is 0 Å². The summed E-state index contributed by atoms with van der Waals surface area (Å²) in [6.07, 6.45) is -4.06. The number of carbonyl (C=O) groups is 1. The normalized spacial score (nSPS) is 13.4. The number of rotatable bonds is 7. The van der Waals surface area contributed by atoms with Crippen LogP contribution in [-0.4, -0.2) is 26.9 Å². The fraction of sp³-hybridized carbons (Fsp3) is 0.312. The van der Waals surface area contributed by atoms with Crippen LogP contribution in [0.1, 0.15) is 18.1 Å². The van der Waals surface area contributed by atoms with Crippen LogP contribution in [0, 0.1) is 0 Å². The Morgan fingerprint density at radius 1 is 1.27 bits per heavy atom. The number of hydrogen-bond donors (Lipinski definition) is 2. The smallest absolute Gasteiger partial charge is 0.352 e. The lowest BCUT2D eigenvalue weighted by atomic mass is 10.1. The van der Waals surface area contributed by atoms with Gasteiger partial charge in [0.2, 0.25) is 15.9 Å². The summed E-state index contributed by atoms with van der Waals surface area (Å²) in [5.41, 5.74) is -0.0263. The number of halogens is 3. The summed E-state index contributed by atoms with van der Waals surface area (Å²) in [6.45, 7) is 1.21. The summed E-state index contributed by atoms with van der Waals surface area (Å²) in [7, 11) is -4.23. The molecule has 2 aromatic rings. The Morgan fingerprint density at radius 2 is 2.00 bits per heavy atom. The minimum Gasteiger partial charge on any atom is -0.352 e. The van der Waals surface area contributed by atoms with E-state index in [1.807, 2.05) is 21.5 Å². The van der Waals surface area contributed by atoms with E-state index in [1.165, 1.54) is 11.3 Å². The molecule has 0 fully saturated rings. The highest BCUT2D eigenvalue weighted by atomic mass is 32.2. The third-order valence-electron chi connectivity index (χ3n) is 3.42. The second-order valence-corrected chi connectivity index (χ2v) is 8.20. The molecular weight excluding hydrogens is 389 g/mol. The Kier molecular flexibility index (Phi) is 6.43. The second-order valence-electron chi connectivity index (χ2n) is 5.65. The molecule has 10 heteroatoms. The average Bonchev–Trinajstić information content (AvgIpc) is 3.05. The van der Waals surface area contributed by atoms with E-state index in [0.717, 1.165) is 23.8 Å². The van der Waals surface area contributed by atoms with Crippen LogP contribution in [0.15, 0.2) is 46.0 Å². The molecule has 2 N–H and O–H groups in total. The zero-order chi connectivity index (χ0) is 19.4. The predicted octanol–water partition coefficient (Wildman–Crippen LogP) is 2.79. The number of hydrogen-bond acceptors (Lipinski definition) is 4. The second kappa shape index (κ2) is 8.19. The van der Waals surface area contributed by atoms with Gasteiger partial charge in [-0.2, -0.15) is 24.5 Å². The molecule has 0 saturated carbocycles. The number of benzene rings is 1. The summed E-state index contributed by atoms with van der Waals surface area (Å²) >= 11 is 1.53. The van der Waals surface area contributed by atoms with Crippen molar-refractivity contribution >= 4 is 27.3 Å². The molecule has 26 heavy (non-hydrogen) atoms. The van der Waals surface area contributed by atoms with Crippen LogP contribution in [0.25, 0.3) is 0 Å². The molecular formula is C16H17F3N2O3S2. The third-order valence-corrected chi connectivity index (χ3v) is 5.55. The molecule has 1 amide bonds. The highest BCUT2D eigenvalue weighted by molar-refractivity contribution is 7.89. The van der Waals surface area contributed by atoms with Gasteiger partial charge in [-0.15, -0.1) is 0 Å². The molecule has 1 atom stereocenters. The van der Waals surface area contributed by atoms with Gasteiger partial charge in [0.1, 0.15) is 0 Å². The molecule has 0 bridgehead atoms. The predicted molar refractivity (Wildman–Crippen MR) is 92.3 cm³/mol. The van der Waals surface area contributed by atoms with Gasteiger partial charge >= 0.3 is 6.18 Å². The van der Waals surface area contributed by atoms with E-state index in [-0.39, 0.29) is 6.04 Å². The highest BCUT2D eigenvalue weighted by Crippen LogP contribution is 2.30. The van der Waals surface area contributed by atoms with Crippen LogP contribution in [0.4, 0.5) is 13.2 Å².